The summed E-state index contributed by atoms with van der Waals surface area (Å²) in [6, 6.07) is 6.17. The molecule has 4 aromatic heterocycles. The van der Waals surface area contributed by atoms with Crippen molar-refractivity contribution < 1.29 is 18.3 Å². The Hall–Kier alpha value is -3.22. The minimum Gasteiger partial charge on any atom is -0.240 e. The van der Waals surface area contributed by atoms with Crippen molar-refractivity contribution in [2.45, 2.75) is 105 Å². The molecule has 222 valence electrons. The van der Waals surface area contributed by atoms with Gasteiger partial charge in [0.15, 0.2) is 12.4 Å². The zero-order valence-electron chi connectivity index (χ0n) is 26.7. The van der Waals surface area contributed by atoms with Crippen molar-refractivity contribution in [1.82, 2.24) is 13.7 Å². The molecule has 0 spiro atoms. The largest absolute Gasteiger partial charge is 0.243 e. The molecule has 4 aromatic rings. The van der Waals surface area contributed by atoms with Crippen molar-refractivity contribution in [3.8, 4) is 0 Å². The molecule has 0 aliphatic rings. The highest BCUT2D eigenvalue weighted by Gasteiger charge is 1.98. The van der Waals surface area contributed by atoms with E-state index in [1.807, 2.05) is 30.9 Å². The summed E-state index contributed by atoms with van der Waals surface area (Å²) in [6.45, 7) is 13.3. The zero-order chi connectivity index (χ0) is 29.4. The molecule has 7 nitrogen and oxygen atoms in total. The fourth-order valence-corrected chi connectivity index (χ4v) is 3.94. The molecule has 0 amide bonds. The molecule has 40 heavy (non-hydrogen) atoms. The van der Waals surface area contributed by atoms with Crippen molar-refractivity contribution in [2.24, 2.45) is 21.1 Å². The molecule has 0 bridgehead atoms. The van der Waals surface area contributed by atoms with Gasteiger partial charge in [-0.15, -0.1) is 0 Å². The third-order valence-electron chi connectivity index (χ3n) is 6.42. The summed E-state index contributed by atoms with van der Waals surface area (Å²) in [6.07, 6.45) is 33.4. The molecular weight excluding hydrogens is 494 g/mol. The van der Waals surface area contributed by atoms with Crippen molar-refractivity contribution in [1.29, 1.82) is 0 Å². The molecule has 0 radical (unpaired) electrons. The van der Waals surface area contributed by atoms with Gasteiger partial charge in [0.25, 0.3) is 0 Å². The first-order valence-electron chi connectivity index (χ1n) is 15.4. The molecule has 0 aromatic carbocycles. The average molecular weight is 554 g/mol. The number of imidazole rings is 3. The number of pyridine rings is 1. The average Bonchev–Trinajstić information content (AvgIpc) is 3.71. The lowest BCUT2D eigenvalue weighted by molar-refractivity contribution is -0.697. The Balaban J connectivity index is 0.000000269. The first-order chi connectivity index (χ1) is 19.4. The van der Waals surface area contributed by atoms with Crippen molar-refractivity contribution in [3.63, 3.8) is 0 Å². The molecular formula is C33H59N7+4. The molecule has 0 unspecified atom stereocenters. The maximum Gasteiger partial charge on any atom is 0.243 e. The Labute approximate surface area is 245 Å². The van der Waals surface area contributed by atoms with E-state index in [-0.39, 0.29) is 0 Å². The van der Waals surface area contributed by atoms with E-state index in [2.05, 4.69) is 137 Å². The lowest BCUT2D eigenvalue weighted by Crippen LogP contribution is -2.31. The Morgan fingerprint density at radius 3 is 1.35 bits per heavy atom. The predicted octanol–water partition coefficient (Wildman–Crippen LogP) is 5.11. The molecule has 0 atom stereocenters. The van der Waals surface area contributed by atoms with Gasteiger partial charge in [0, 0.05) is 18.6 Å². The summed E-state index contributed by atoms with van der Waals surface area (Å²) in [5.74, 6) is 0. The second-order valence-electron chi connectivity index (χ2n) is 10.4. The first kappa shape index (κ1) is 34.8. The van der Waals surface area contributed by atoms with Gasteiger partial charge in [-0.25, -0.2) is 32.0 Å². The Kier molecular flexibility index (Phi) is 19.6. The standard InChI is InChI=1S/C10H19N2.C9H14N.C8H15N2.C6H11N2/c1-3-4-5-6-7-12-9-8-11(2)10-12;1-2-3-7-10-8-5-4-6-9-10;1-3-4-5-10-7-6-9(2)8-10;1-3-8-5-4-7(2)6-8/h8-10H,3-7H2,1-2H3;4-6,8-9H,2-3,7H2,1H3;6-8H,3-5H2,1-2H3;4-6H,3H2,1-2H3/q4*+1. The van der Waals surface area contributed by atoms with Gasteiger partial charge in [0.05, 0.1) is 40.8 Å². The molecule has 4 heterocycles. The van der Waals surface area contributed by atoms with Crippen LogP contribution in [-0.4, -0.2) is 13.7 Å². The summed E-state index contributed by atoms with van der Waals surface area (Å²) in [7, 11) is 6.12. The first-order valence-corrected chi connectivity index (χ1v) is 15.4. The van der Waals surface area contributed by atoms with E-state index >= 15 is 0 Å². The fraction of sp³-hybridized carbons (Fsp3) is 0.576. The molecule has 4 rings (SSSR count). The van der Waals surface area contributed by atoms with E-state index in [0.717, 1.165) is 19.6 Å². The highest BCUT2D eigenvalue weighted by Crippen LogP contribution is 2.00. The highest BCUT2D eigenvalue weighted by atomic mass is 15.1. The van der Waals surface area contributed by atoms with Crippen LogP contribution in [0.5, 0.6) is 0 Å². The van der Waals surface area contributed by atoms with Gasteiger partial charge < -0.3 is 0 Å². The van der Waals surface area contributed by atoms with Gasteiger partial charge in [-0.1, -0.05) is 52.5 Å². The quantitative estimate of drug-likeness (QED) is 0.172. The topological polar surface area (TPSA) is 30.3 Å². The van der Waals surface area contributed by atoms with Crippen molar-refractivity contribution in [3.05, 3.63) is 86.8 Å². The zero-order valence-corrected chi connectivity index (χ0v) is 26.7. The minimum atomic E-state index is 1.06. The van der Waals surface area contributed by atoms with E-state index < -0.39 is 0 Å². The van der Waals surface area contributed by atoms with Crippen LogP contribution in [0.4, 0.5) is 0 Å². The monoisotopic (exact) mass is 553 g/mol. The Morgan fingerprint density at radius 1 is 0.475 bits per heavy atom. The minimum absolute atomic E-state index is 1.06. The van der Waals surface area contributed by atoms with Gasteiger partial charge in [0.2, 0.25) is 19.0 Å². The predicted molar refractivity (Wildman–Crippen MR) is 163 cm³/mol. The second kappa shape index (κ2) is 22.6. The summed E-state index contributed by atoms with van der Waals surface area (Å²) >= 11 is 0. The summed E-state index contributed by atoms with van der Waals surface area (Å²) in [5.41, 5.74) is 0. The Bertz CT molecular complexity index is 1090. The van der Waals surface area contributed by atoms with Crippen LogP contribution in [-0.2, 0) is 47.3 Å². The van der Waals surface area contributed by atoms with Gasteiger partial charge >= 0.3 is 0 Å². The third-order valence-corrected chi connectivity index (χ3v) is 6.42. The molecule has 0 fully saturated rings. The van der Waals surface area contributed by atoms with Crippen LogP contribution in [0.3, 0.4) is 0 Å². The van der Waals surface area contributed by atoms with Gasteiger partial charge in [-0.2, -0.15) is 0 Å². The lowest BCUT2D eigenvalue weighted by Gasteiger charge is -1.95. The molecule has 0 saturated carbocycles. The fourth-order valence-electron chi connectivity index (χ4n) is 3.94. The van der Waals surface area contributed by atoms with Crippen LogP contribution < -0.4 is 18.3 Å². The summed E-state index contributed by atoms with van der Waals surface area (Å²) in [4.78, 5) is 0. The van der Waals surface area contributed by atoms with Crippen LogP contribution in [0.1, 0.15) is 79.1 Å². The van der Waals surface area contributed by atoms with E-state index in [1.165, 1.54) is 57.9 Å². The van der Waals surface area contributed by atoms with E-state index in [1.54, 1.807) is 0 Å². The van der Waals surface area contributed by atoms with Crippen LogP contribution in [0.15, 0.2) is 86.8 Å². The SMILES string of the molecule is CCCCCCn1cc[n+](C)c1.CCCC[n+]1ccccc1.CCCCn1cc[n+](C)c1.CCn1cc[n+](C)c1. The normalized spacial score (nSPS) is 10.1. The number of rotatable bonds is 12. The smallest absolute Gasteiger partial charge is 0.240 e. The second-order valence-corrected chi connectivity index (χ2v) is 10.4. The Morgan fingerprint density at radius 2 is 0.950 bits per heavy atom. The van der Waals surface area contributed by atoms with Crippen LogP contribution in [0, 0.1) is 0 Å². The number of hydrogen-bond donors (Lipinski definition) is 0. The molecule has 0 N–H and O–H groups in total. The van der Waals surface area contributed by atoms with Crippen LogP contribution in [0.2, 0.25) is 0 Å². The molecule has 0 aliphatic heterocycles. The third kappa shape index (κ3) is 17.4. The van der Waals surface area contributed by atoms with Gasteiger partial charge in [-0.3, -0.25) is 0 Å². The summed E-state index contributed by atoms with van der Waals surface area (Å²) < 4.78 is 15.0. The van der Waals surface area contributed by atoms with E-state index in [4.69, 9.17) is 0 Å². The number of hydrogen-bond acceptors (Lipinski definition) is 0. The molecule has 7 heteroatoms. The number of nitrogens with zero attached hydrogens (tertiary/aromatic N) is 7. The molecule has 0 aliphatic carbocycles. The maximum absolute atomic E-state index is 2.25. The van der Waals surface area contributed by atoms with E-state index in [0.29, 0.717) is 0 Å². The van der Waals surface area contributed by atoms with Gasteiger partial charge in [-0.05, 0) is 26.2 Å². The van der Waals surface area contributed by atoms with Crippen molar-refractivity contribution >= 4 is 0 Å². The summed E-state index contributed by atoms with van der Waals surface area (Å²) in [5, 5.41) is 0. The van der Waals surface area contributed by atoms with Gasteiger partial charge in [0.1, 0.15) is 43.7 Å². The molecule has 0 saturated heterocycles. The van der Waals surface area contributed by atoms with Crippen molar-refractivity contribution in [2.75, 3.05) is 0 Å². The van der Waals surface area contributed by atoms with Crippen LogP contribution >= 0.6 is 0 Å². The maximum atomic E-state index is 2.25. The number of aromatic nitrogens is 7. The van der Waals surface area contributed by atoms with Crippen LogP contribution in [0.25, 0.3) is 0 Å². The highest BCUT2D eigenvalue weighted by molar-refractivity contribution is 4.83. The van der Waals surface area contributed by atoms with E-state index in [9.17, 15) is 0 Å². The number of unbranched alkanes of at least 4 members (excludes halogenated alkanes) is 5. The number of aryl methyl sites for hydroxylation is 7. The lowest BCUT2D eigenvalue weighted by atomic mass is 10.2.